The summed E-state index contributed by atoms with van der Waals surface area (Å²) in [6.45, 7) is 10.4. The van der Waals surface area contributed by atoms with Gasteiger partial charge in [0.1, 0.15) is 0 Å². The smallest absolute Gasteiger partial charge is 0.485 e. The Morgan fingerprint density at radius 3 is 1.85 bits per heavy atom. The number of hydrogen-bond donors (Lipinski definition) is 0. The number of halogens is 3. The summed E-state index contributed by atoms with van der Waals surface area (Å²) in [4.78, 5) is 0. The van der Waals surface area contributed by atoms with E-state index in [1.54, 1.807) is 0 Å². The summed E-state index contributed by atoms with van der Waals surface area (Å²) in [5.41, 5.74) is -5.65. The molecule has 1 fully saturated rings. The molecular formula is C12H24F3NO3S. The first-order chi connectivity index (χ1) is 9.08. The first-order valence-electron chi connectivity index (χ1n) is 6.95. The highest BCUT2D eigenvalue weighted by Gasteiger charge is 2.36. The Kier molecular flexibility index (Phi) is 8.05. The maximum Gasteiger partial charge on any atom is 0.485 e. The number of alkyl halides is 3. The van der Waals surface area contributed by atoms with Crippen LogP contribution >= 0.6 is 0 Å². The van der Waals surface area contributed by atoms with Gasteiger partial charge in [-0.1, -0.05) is 13.3 Å². The maximum absolute atomic E-state index is 10.7. The Balaban J connectivity index is 0.000000396. The van der Waals surface area contributed by atoms with Gasteiger partial charge in [-0.25, -0.2) is 8.42 Å². The van der Waals surface area contributed by atoms with Crippen LogP contribution in [0.4, 0.5) is 13.2 Å². The molecule has 0 aromatic heterocycles. The molecule has 0 aromatic carbocycles. The van der Waals surface area contributed by atoms with Gasteiger partial charge in [-0.2, -0.15) is 13.2 Å². The molecule has 0 radical (unpaired) electrons. The van der Waals surface area contributed by atoms with E-state index >= 15 is 0 Å². The van der Waals surface area contributed by atoms with E-state index < -0.39 is 15.6 Å². The second-order valence-corrected chi connectivity index (χ2v) is 6.51. The molecule has 0 saturated carbocycles. The lowest BCUT2D eigenvalue weighted by atomic mass is 10.2. The highest BCUT2D eigenvalue weighted by Crippen LogP contribution is 2.21. The second kappa shape index (κ2) is 8.19. The highest BCUT2D eigenvalue weighted by atomic mass is 32.2. The number of rotatable bonds is 5. The summed E-state index contributed by atoms with van der Waals surface area (Å²) in [5, 5.41) is 0. The molecule has 0 spiro atoms. The third-order valence-corrected chi connectivity index (χ3v) is 4.27. The number of unbranched alkanes of at least 4 members (excludes halogenated alkanes) is 2. The largest absolute Gasteiger partial charge is 0.741 e. The van der Waals surface area contributed by atoms with Crippen LogP contribution in [0.5, 0.6) is 0 Å². The normalized spacial score (nSPS) is 18.5. The quantitative estimate of drug-likeness (QED) is 0.339. The van der Waals surface area contributed by atoms with Crippen LogP contribution in [0.2, 0.25) is 0 Å². The van der Waals surface area contributed by atoms with Crippen LogP contribution in [0.1, 0.15) is 46.0 Å². The molecule has 0 aromatic rings. The van der Waals surface area contributed by atoms with E-state index in [4.69, 9.17) is 13.0 Å². The lowest BCUT2D eigenvalue weighted by Gasteiger charge is -2.33. The predicted octanol–water partition coefficient (Wildman–Crippen LogP) is 2.86. The van der Waals surface area contributed by atoms with E-state index in [2.05, 4.69) is 13.8 Å². The molecule has 122 valence electrons. The van der Waals surface area contributed by atoms with Gasteiger partial charge in [0.05, 0.1) is 26.2 Å². The first-order valence-corrected chi connectivity index (χ1v) is 8.36. The zero-order valence-electron chi connectivity index (χ0n) is 12.1. The monoisotopic (exact) mass is 319 g/mol. The van der Waals surface area contributed by atoms with Gasteiger partial charge in [0, 0.05) is 12.8 Å². The lowest BCUT2D eigenvalue weighted by molar-refractivity contribution is -0.915. The molecule has 4 nitrogen and oxygen atoms in total. The van der Waals surface area contributed by atoms with Crippen molar-refractivity contribution in [2.45, 2.75) is 51.5 Å². The lowest BCUT2D eigenvalue weighted by Crippen LogP contribution is -2.45. The van der Waals surface area contributed by atoms with Gasteiger partial charge in [0.25, 0.3) is 0 Å². The SMILES string of the molecule is CCCCC[N+]1(CC)CCCC1.O=S(=O)([O-])C(F)(F)F. The van der Waals surface area contributed by atoms with E-state index in [0.29, 0.717) is 0 Å². The van der Waals surface area contributed by atoms with Crippen LogP contribution in [0, 0.1) is 0 Å². The minimum absolute atomic E-state index is 1.36. The number of hydrogen-bond acceptors (Lipinski definition) is 3. The van der Waals surface area contributed by atoms with Crippen LogP contribution in [-0.4, -0.2) is 49.1 Å². The molecule has 0 bridgehead atoms. The summed E-state index contributed by atoms with van der Waals surface area (Å²) < 4.78 is 60.3. The van der Waals surface area contributed by atoms with E-state index in [1.807, 2.05) is 0 Å². The molecule has 1 rings (SSSR count). The molecule has 0 unspecified atom stereocenters. The Morgan fingerprint density at radius 2 is 1.55 bits per heavy atom. The van der Waals surface area contributed by atoms with E-state index in [9.17, 15) is 13.2 Å². The third kappa shape index (κ3) is 6.90. The third-order valence-electron chi connectivity index (χ3n) is 3.71. The van der Waals surface area contributed by atoms with Crippen LogP contribution in [0.3, 0.4) is 0 Å². The summed E-state index contributed by atoms with van der Waals surface area (Å²) in [6.07, 6.45) is 7.19. The molecule has 1 heterocycles. The van der Waals surface area contributed by atoms with Crippen molar-refractivity contribution in [3.63, 3.8) is 0 Å². The molecule has 1 aliphatic rings. The van der Waals surface area contributed by atoms with Gasteiger partial charge >= 0.3 is 5.51 Å². The fourth-order valence-corrected chi connectivity index (χ4v) is 2.40. The topological polar surface area (TPSA) is 57.2 Å². The van der Waals surface area contributed by atoms with Crippen LogP contribution in [-0.2, 0) is 10.1 Å². The van der Waals surface area contributed by atoms with E-state index in [1.165, 1.54) is 62.8 Å². The molecular weight excluding hydrogens is 295 g/mol. The van der Waals surface area contributed by atoms with Crippen LogP contribution in [0.15, 0.2) is 0 Å². The average Bonchev–Trinajstić information content (AvgIpc) is 2.77. The average molecular weight is 319 g/mol. The molecule has 8 heteroatoms. The molecule has 20 heavy (non-hydrogen) atoms. The van der Waals surface area contributed by atoms with Crippen molar-refractivity contribution >= 4 is 10.1 Å². The molecule has 0 N–H and O–H groups in total. The van der Waals surface area contributed by atoms with E-state index in [-0.39, 0.29) is 0 Å². The number of likely N-dealkylation sites (tertiary alicyclic amines) is 1. The number of nitrogens with zero attached hydrogens (tertiary/aromatic N) is 1. The summed E-state index contributed by atoms with van der Waals surface area (Å²) in [5.74, 6) is 0. The van der Waals surface area contributed by atoms with Crippen molar-refractivity contribution in [1.29, 1.82) is 0 Å². The minimum Gasteiger partial charge on any atom is -0.741 e. The summed E-state index contributed by atoms with van der Waals surface area (Å²) in [7, 11) is -6.09. The van der Waals surface area contributed by atoms with Gasteiger partial charge in [0.15, 0.2) is 10.1 Å². The number of quaternary nitrogens is 1. The van der Waals surface area contributed by atoms with Crippen molar-refractivity contribution in [3.8, 4) is 0 Å². The molecule has 1 saturated heterocycles. The fraction of sp³-hybridized carbons (Fsp3) is 1.00. The first kappa shape index (κ1) is 19.7. The zero-order valence-corrected chi connectivity index (χ0v) is 12.9. The van der Waals surface area contributed by atoms with E-state index in [0.717, 1.165) is 0 Å². The van der Waals surface area contributed by atoms with Crippen molar-refractivity contribution in [3.05, 3.63) is 0 Å². The van der Waals surface area contributed by atoms with Crippen molar-refractivity contribution in [1.82, 2.24) is 0 Å². The Labute approximate surface area is 119 Å². The minimum atomic E-state index is -6.09. The second-order valence-electron chi connectivity index (χ2n) is 5.14. The van der Waals surface area contributed by atoms with Gasteiger partial charge < -0.3 is 9.04 Å². The molecule has 0 amide bonds. The summed E-state index contributed by atoms with van der Waals surface area (Å²) in [6, 6.07) is 0. The van der Waals surface area contributed by atoms with Gasteiger partial charge in [-0.05, 0) is 19.8 Å². The van der Waals surface area contributed by atoms with Gasteiger partial charge in [-0.3, -0.25) is 0 Å². The standard InChI is InChI=1S/C11H24N.CHF3O3S/c1-3-5-6-9-12(4-2)10-7-8-11-12;2-1(3,4)8(5,6)7/h3-11H2,1-2H3;(H,5,6,7)/q+1;/p-1. The molecule has 1 aliphatic heterocycles. The molecule has 0 aliphatic carbocycles. The zero-order chi connectivity index (χ0) is 15.9. The molecule has 0 atom stereocenters. The van der Waals surface area contributed by atoms with Gasteiger partial charge in [0.2, 0.25) is 0 Å². The summed E-state index contributed by atoms with van der Waals surface area (Å²) >= 11 is 0. The predicted molar refractivity (Wildman–Crippen MR) is 69.9 cm³/mol. The Hall–Kier alpha value is -0.340. The Bertz CT molecular complexity index is 363. The van der Waals surface area contributed by atoms with Crippen LogP contribution < -0.4 is 0 Å². The maximum atomic E-state index is 10.7. The highest BCUT2D eigenvalue weighted by molar-refractivity contribution is 7.86. The van der Waals surface area contributed by atoms with Crippen molar-refractivity contribution < 1.29 is 30.6 Å². The van der Waals surface area contributed by atoms with Crippen molar-refractivity contribution in [2.24, 2.45) is 0 Å². The Morgan fingerprint density at radius 1 is 1.10 bits per heavy atom. The van der Waals surface area contributed by atoms with Crippen LogP contribution in [0.25, 0.3) is 0 Å². The fourth-order valence-electron chi connectivity index (χ4n) is 2.40. The van der Waals surface area contributed by atoms with Gasteiger partial charge in [-0.15, -0.1) is 0 Å². The van der Waals surface area contributed by atoms with Crippen molar-refractivity contribution in [2.75, 3.05) is 26.2 Å².